The van der Waals surface area contributed by atoms with Gasteiger partial charge in [0.25, 0.3) is 10.0 Å². The second kappa shape index (κ2) is 7.93. The van der Waals surface area contributed by atoms with Gasteiger partial charge in [-0.25, -0.2) is 17.6 Å². The average molecular weight is 460 g/mol. The number of benzene rings is 1. The van der Waals surface area contributed by atoms with E-state index < -0.39 is 27.6 Å². The summed E-state index contributed by atoms with van der Waals surface area (Å²) in [6, 6.07) is 3.24. The van der Waals surface area contributed by atoms with Crippen molar-refractivity contribution < 1.29 is 36.6 Å². The molecule has 2 unspecified atom stereocenters. The van der Waals surface area contributed by atoms with Crippen LogP contribution in [0.4, 0.5) is 10.1 Å². The SMILES string of the molecule is CCOC(=O)C1=CC2(CC=C1S(=O)(=O)Nc1ccc(F)cc1Cl)OC1COCC1O2. The number of carbonyl (C=O) groups excluding carboxylic acids is 1. The Hall–Kier alpha value is -1.98. The van der Waals surface area contributed by atoms with E-state index in [1.54, 1.807) is 6.92 Å². The number of fused-ring (bicyclic) bond motifs is 1. The Morgan fingerprint density at radius 2 is 2.03 bits per heavy atom. The summed E-state index contributed by atoms with van der Waals surface area (Å²) in [6.07, 6.45) is 2.15. The fourth-order valence-electron chi connectivity index (χ4n) is 3.53. The summed E-state index contributed by atoms with van der Waals surface area (Å²) < 4.78 is 63.8. The molecule has 1 aromatic carbocycles. The summed E-state index contributed by atoms with van der Waals surface area (Å²) in [7, 11) is -4.25. The zero-order valence-electron chi connectivity index (χ0n) is 15.9. The molecule has 2 aliphatic heterocycles. The van der Waals surface area contributed by atoms with Crippen molar-refractivity contribution in [3.05, 3.63) is 51.7 Å². The Kier molecular flexibility index (Phi) is 5.62. The molecular formula is C19H19ClFNO7S. The lowest BCUT2D eigenvalue weighted by atomic mass is 10.0. The average Bonchev–Trinajstić information content (AvgIpc) is 3.23. The van der Waals surface area contributed by atoms with Crippen LogP contribution in [-0.4, -0.2) is 52.2 Å². The summed E-state index contributed by atoms with van der Waals surface area (Å²) >= 11 is 5.93. The molecule has 1 N–H and O–H groups in total. The van der Waals surface area contributed by atoms with Gasteiger partial charge in [0, 0.05) is 6.42 Å². The van der Waals surface area contributed by atoms with E-state index in [4.69, 9.17) is 30.5 Å². The van der Waals surface area contributed by atoms with Crippen molar-refractivity contribution >= 4 is 33.3 Å². The minimum atomic E-state index is -4.25. The van der Waals surface area contributed by atoms with Gasteiger partial charge in [0.1, 0.15) is 18.0 Å². The van der Waals surface area contributed by atoms with Crippen molar-refractivity contribution in [1.82, 2.24) is 0 Å². The molecule has 0 bridgehead atoms. The standard InChI is InChI=1S/C19H19ClFNO7S/c1-2-27-18(23)12-8-19(28-15-9-26-10-16(15)29-19)6-5-17(12)30(24,25)22-14-4-3-11(21)7-13(14)20/h3-5,7-8,15-16,22H,2,6,9-10H2,1H3. The van der Waals surface area contributed by atoms with Crippen LogP contribution < -0.4 is 4.72 Å². The maximum Gasteiger partial charge on any atom is 0.339 e. The molecule has 162 valence electrons. The lowest BCUT2D eigenvalue weighted by Crippen LogP contribution is -2.35. The van der Waals surface area contributed by atoms with Gasteiger partial charge in [0.05, 0.1) is 41.0 Å². The maximum atomic E-state index is 13.3. The highest BCUT2D eigenvalue weighted by Gasteiger charge is 2.51. The predicted octanol–water partition coefficient (Wildman–Crippen LogP) is 2.51. The number of carbonyl (C=O) groups is 1. The molecule has 0 radical (unpaired) electrons. The van der Waals surface area contributed by atoms with Crippen molar-refractivity contribution in [2.75, 3.05) is 24.5 Å². The highest BCUT2D eigenvalue weighted by atomic mass is 35.5. The van der Waals surface area contributed by atoms with Crippen molar-refractivity contribution in [2.24, 2.45) is 0 Å². The van der Waals surface area contributed by atoms with E-state index in [9.17, 15) is 17.6 Å². The summed E-state index contributed by atoms with van der Waals surface area (Å²) in [6.45, 7) is 2.37. The molecule has 8 nitrogen and oxygen atoms in total. The smallest absolute Gasteiger partial charge is 0.339 e. The van der Waals surface area contributed by atoms with Crippen molar-refractivity contribution in [1.29, 1.82) is 0 Å². The molecular weight excluding hydrogens is 441 g/mol. The van der Waals surface area contributed by atoms with Crippen LogP contribution in [-0.2, 0) is 33.8 Å². The number of sulfonamides is 1. The molecule has 0 aromatic heterocycles. The molecule has 3 aliphatic rings. The molecule has 1 spiro atoms. The van der Waals surface area contributed by atoms with E-state index in [2.05, 4.69) is 4.72 Å². The second-order valence-corrected chi connectivity index (χ2v) is 9.00. The molecule has 30 heavy (non-hydrogen) atoms. The third-order valence-electron chi connectivity index (χ3n) is 4.84. The van der Waals surface area contributed by atoms with E-state index in [0.29, 0.717) is 13.2 Å². The fraction of sp³-hybridized carbons (Fsp3) is 0.421. The second-order valence-electron chi connectivity index (χ2n) is 6.94. The molecule has 1 aromatic rings. The molecule has 0 saturated carbocycles. The van der Waals surface area contributed by atoms with Crippen molar-refractivity contribution in [3.8, 4) is 0 Å². The van der Waals surface area contributed by atoms with E-state index in [0.717, 1.165) is 12.1 Å². The maximum absolute atomic E-state index is 13.3. The van der Waals surface area contributed by atoms with Gasteiger partial charge in [-0.05, 0) is 31.2 Å². The summed E-state index contributed by atoms with van der Waals surface area (Å²) in [4.78, 5) is 12.3. The first-order valence-corrected chi connectivity index (χ1v) is 11.1. The van der Waals surface area contributed by atoms with Crippen LogP contribution >= 0.6 is 11.6 Å². The third kappa shape index (κ3) is 3.97. The summed E-state index contributed by atoms with van der Waals surface area (Å²) in [5, 5.41) is -0.122. The number of esters is 1. The molecule has 0 amide bonds. The topological polar surface area (TPSA) is 100 Å². The number of hydrogen-bond donors (Lipinski definition) is 1. The Morgan fingerprint density at radius 1 is 1.33 bits per heavy atom. The van der Waals surface area contributed by atoms with Gasteiger partial charge >= 0.3 is 5.97 Å². The number of rotatable bonds is 5. The van der Waals surface area contributed by atoms with Gasteiger partial charge in [-0.15, -0.1) is 0 Å². The molecule has 2 saturated heterocycles. The minimum absolute atomic E-state index is 0.0255. The first-order chi connectivity index (χ1) is 14.2. The Bertz CT molecular complexity index is 1030. The Morgan fingerprint density at radius 3 is 2.67 bits per heavy atom. The number of hydrogen-bond acceptors (Lipinski definition) is 7. The van der Waals surface area contributed by atoms with Gasteiger partial charge in [-0.1, -0.05) is 17.7 Å². The molecule has 2 heterocycles. The largest absolute Gasteiger partial charge is 0.462 e. The normalized spacial score (nSPS) is 28.1. The molecule has 2 fully saturated rings. The first kappa shape index (κ1) is 21.3. The van der Waals surface area contributed by atoms with Crippen LogP contribution in [0.1, 0.15) is 13.3 Å². The number of ether oxygens (including phenoxy) is 4. The fourth-order valence-corrected chi connectivity index (χ4v) is 5.11. The summed E-state index contributed by atoms with van der Waals surface area (Å²) in [5.41, 5.74) is -0.239. The number of halogens is 2. The Labute approximate surface area is 177 Å². The van der Waals surface area contributed by atoms with E-state index in [1.807, 2.05) is 0 Å². The van der Waals surface area contributed by atoms with E-state index in [1.165, 1.54) is 18.2 Å². The van der Waals surface area contributed by atoms with Gasteiger partial charge in [-0.2, -0.15) is 0 Å². The lowest BCUT2D eigenvalue weighted by Gasteiger charge is -2.29. The molecule has 2 atom stereocenters. The van der Waals surface area contributed by atoms with Crippen molar-refractivity contribution in [2.45, 2.75) is 31.3 Å². The predicted molar refractivity (Wildman–Crippen MR) is 105 cm³/mol. The highest BCUT2D eigenvalue weighted by Crippen LogP contribution is 2.42. The van der Waals surface area contributed by atoms with Crippen LogP contribution in [0, 0.1) is 5.82 Å². The minimum Gasteiger partial charge on any atom is -0.462 e. The number of nitrogens with one attached hydrogen (secondary N) is 1. The van der Waals surface area contributed by atoms with Crippen LogP contribution in [0.3, 0.4) is 0 Å². The molecule has 1 aliphatic carbocycles. The van der Waals surface area contributed by atoms with Gasteiger partial charge in [-0.3, -0.25) is 4.72 Å². The quantitative estimate of drug-likeness (QED) is 0.675. The monoisotopic (exact) mass is 459 g/mol. The van der Waals surface area contributed by atoms with Gasteiger partial charge < -0.3 is 18.9 Å². The van der Waals surface area contributed by atoms with Crippen LogP contribution in [0.15, 0.2) is 40.8 Å². The zero-order chi connectivity index (χ0) is 21.5. The third-order valence-corrected chi connectivity index (χ3v) is 6.61. The van der Waals surface area contributed by atoms with Crippen LogP contribution in [0.25, 0.3) is 0 Å². The zero-order valence-corrected chi connectivity index (χ0v) is 17.5. The highest BCUT2D eigenvalue weighted by molar-refractivity contribution is 7.96. The first-order valence-electron chi connectivity index (χ1n) is 9.25. The van der Waals surface area contributed by atoms with Gasteiger partial charge in [0.2, 0.25) is 0 Å². The molecule has 11 heteroatoms. The van der Waals surface area contributed by atoms with E-state index in [-0.39, 0.29) is 46.4 Å². The van der Waals surface area contributed by atoms with Crippen molar-refractivity contribution in [3.63, 3.8) is 0 Å². The summed E-state index contributed by atoms with van der Waals surface area (Å²) in [5.74, 6) is -2.72. The number of anilines is 1. The van der Waals surface area contributed by atoms with E-state index >= 15 is 0 Å². The van der Waals surface area contributed by atoms with Crippen LogP contribution in [0.5, 0.6) is 0 Å². The Balaban J connectivity index is 1.66. The molecule has 4 rings (SSSR count). The van der Waals surface area contributed by atoms with Crippen LogP contribution in [0.2, 0.25) is 5.02 Å². The van der Waals surface area contributed by atoms with Gasteiger partial charge in [0.15, 0.2) is 5.79 Å². The lowest BCUT2D eigenvalue weighted by molar-refractivity contribution is -0.156.